The lowest BCUT2D eigenvalue weighted by Crippen LogP contribution is -2.37. The molecule has 1 aromatic rings. The maximum atomic E-state index is 12.1. The Kier molecular flexibility index (Phi) is 5.75. The number of para-hydroxylation sites is 1. The lowest BCUT2D eigenvalue weighted by atomic mass is 9.95. The average Bonchev–Trinajstić information content (AvgIpc) is 2.56. The van der Waals surface area contributed by atoms with Crippen LogP contribution < -0.4 is 16.4 Å². The molecule has 0 bridgehead atoms. The van der Waals surface area contributed by atoms with Gasteiger partial charge in [-0.15, -0.1) is 0 Å². The normalized spacial score (nSPS) is 15.5. The van der Waals surface area contributed by atoms with Crippen molar-refractivity contribution in [3.63, 3.8) is 0 Å². The Labute approximate surface area is 135 Å². The van der Waals surface area contributed by atoms with E-state index in [1.807, 2.05) is 6.07 Å². The van der Waals surface area contributed by atoms with Crippen LogP contribution >= 0.6 is 0 Å². The van der Waals surface area contributed by atoms with Crippen LogP contribution in [0.15, 0.2) is 36.0 Å². The minimum atomic E-state index is -0.577. The van der Waals surface area contributed by atoms with Gasteiger partial charge in [-0.1, -0.05) is 31.4 Å². The highest BCUT2D eigenvalue weighted by Crippen LogP contribution is 2.18. The van der Waals surface area contributed by atoms with Gasteiger partial charge in [-0.2, -0.15) is 5.26 Å². The van der Waals surface area contributed by atoms with E-state index in [0.29, 0.717) is 11.3 Å². The van der Waals surface area contributed by atoms with E-state index in [4.69, 9.17) is 5.73 Å². The maximum absolute atomic E-state index is 12.1. The Morgan fingerprint density at radius 1 is 1.22 bits per heavy atom. The molecule has 1 aliphatic carbocycles. The summed E-state index contributed by atoms with van der Waals surface area (Å²) in [7, 11) is 0. The number of nitriles is 1. The first-order valence-electron chi connectivity index (χ1n) is 7.68. The molecule has 1 fully saturated rings. The van der Waals surface area contributed by atoms with E-state index in [0.717, 1.165) is 25.7 Å². The zero-order chi connectivity index (χ0) is 16.7. The van der Waals surface area contributed by atoms with Crippen molar-refractivity contribution in [3.05, 3.63) is 41.6 Å². The summed E-state index contributed by atoms with van der Waals surface area (Å²) in [5.74, 6) is -0.977. The summed E-state index contributed by atoms with van der Waals surface area (Å²) in [5.41, 5.74) is 6.02. The number of carbonyl (C=O) groups is 2. The summed E-state index contributed by atoms with van der Waals surface area (Å²) >= 11 is 0. The van der Waals surface area contributed by atoms with Crippen molar-refractivity contribution in [2.75, 3.05) is 5.32 Å². The lowest BCUT2D eigenvalue weighted by Gasteiger charge is -2.22. The summed E-state index contributed by atoms with van der Waals surface area (Å²) in [6.45, 7) is 0. The summed E-state index contributed by atoms with van der Waals surface area (Å²) in [6, 6.07) is 8.67. The summed E-state index contributed by atoms with van der Waals surface area (Å²) < 4.78 is 0. The number of benzene rings is 1. The zero-order valence-corrected chi connectivity index (χ0v) is 12.8. The van der Waals surface area contributed by atoms with Gasteiger partial charge in [0.15, 0.2) is 0 Å². The van der Waals surface area contributed by atoms with Crippen LogP contribution in [-0.2, 0) is 4.79 Å². The van der Waals surface area contributed by atoms with Crippen molar-refractivity contribution < 1.29 is 9.59 Å². The third-order valence-electron chi connectivity index (χ3n) is 3.87. The van der Waals surface area contributed by atoms with Crippen LogP contribution in [0.3, 0.4) is 0 Å². The molecule has 0 radical (unpaired) electrons. The Hall–Kier alpha value is -2.81. The average molecular weight is 312 g/mol. The molecule has 2 amide bonds. The van der Waals surface area contributed by atoms with E-state index in [1.54, 1.807) is 24.3 Å². The molecule has 120 valence electrons. The number of hydrogen-bond donors (Lipinski definition) is 3. The highest BCUT2D eigenvalue weighted by atomic mass is 16.2. The van der Waals surface area contributed by atoms with E-state index in [-0.39, 0.29) is 11.6 Å². The van der Waals surface area contributed by atoms with Crippen LogP contribution in [0.4, 0.5) is 5.69 Å². The quantitative estimate of drug-likeness (QED) is 0.571. The molecule has 1 aromatic carbocycles. The van der Waals surface area contributed by atoms with Gasteiger partial charge in [0.1, 0.15) is 11.6 Å². The number of hydrogen-bond acceptors (Lipinski definition) is 4. The van der Waals surface area contributed by atoms with Crippen molar-refractivity contribution >= 4 is 17.5 Å². The molecule has 0 unspecified atom stereocenters. The Morgan fingerprint density at radius 2 is 1.91 bits per heavy atom. The van der Waals surface area contributed by atoms with Gasteiger partial charge in [0.25, 0.3) is 11.8 Å². The topological polar surface area (TPSA) is 108 Å². The third-order valence-corrected chi connectivity index (χ3v) is 3.87. The van der Waals surface area contributed by atoms with Gasteiger partial charge in [0, 0.05) is 12.2 Å². The summed E-state index contributed by atoms with van der Waals surface area (Å²) in [4.78, 5) is 23.5. The van der Waals surface area contributed by atoms with E-state index in [9.17, 15) is 14.9 Å². The molecule has 6 nitrogen and oxygen atoms in total. The van der Waals surface area contributed by atoms with E-state index in [2.05, 4.69) is 10.6 Å². The van der Waals surface area contributed by atoms with Crippen LogP contribution in [0.25, 0.3) is 0 Å². The number of nitrogens with zero attached hydrogens (tertiary/aromatic N) is 1. The van der Waals surface area contributed by atoms with Crippen LogP contribution in [0, 0.1) is 11.3 Å². The second kappa shape index (κ2) is 7.99. The minimum Gasteiger partial charge on any atom is -0.366 e. The zero-order valence-electron chi connectivity index (χ0n) is 12.8. The monoisotopic (exact) mass is 312 g/mol. The molecule has 0 saturated heterocycles. The number of nitrogens with two attached hydrogens (primary N) is 1. The first-order valence-corrected chi connectivity index (χ1v) is 7.68. The van der Waals surface area contributed by atoms with Gasteiger partial charge in [0.2, 0.25) is 0 Å². The predicted octanol–water partition coefficient (Wildman–Crippen LogP) is 2.05. The number of amides is 2. The summed E-state index contributed by atoms with van der Waals surface area (Å²) in [6.07, 6.45) is 6.59. The first kappa shape index (κ1) is 16.6. The number of nitrogens with one attached hydrogen (secondary N) is 2. The fraction of sp³-hybridized carbons (Fsp3) is 0.353. The van der Waals surface area contributed by atoms with Crippen molar-refractivity contribution in [2.24, 2.45) is 5.73 Å². The lowest BCUT2D eigenvalue weighted by molar-refractivity contribution is -0.118. The number of anilines is 1. The highest BCUT2D eigenvalue weighted by Gasteiger charge is 2.18. The van der Waals surface area contributed by atoms with Crippen molar-refractivity contribution in [3.8, 4) is 6.07 Å². The van der Waals surface area contributed by atoms with Crippen molar-refractivity contribution in [1.29, 1.82) is 5.26 Å². The van der Waals surface area contributed by atoms with Crippen LogP contribution in [0.2, 0.25) is 0 Å². The molecule has 0 spiro atoms. The number of carbonyl (C=O) groups excluding carboxylic acids is 2. The Balaban J connectivity index is 2.05. The van der Waals surface area contributed by atoms with E-state index >= 15 is 0 Å². The third kappa shape index (κ3) is 4.58. The molecule has 0 heterocycles. The van der Waals surface area contributed by atoms with Crippen LogP contribution in [0.1, 0.15) is 42.5 Å². The Bertz CT molecular complexity index is 655. The molecule has 0 aliphatic heterocycles. The highest BCUT2D eigenvalue weighted by molar-refractivity contribution is 6.00. The molecule has 1 saturated carbocycles. The largest absolute Gasteiger partial charge is 0.366 e. The number of primary amides is 1. The van der Waals surface area contributed by atoms with Gasteiger partial charge in [0.05, 0.1) is 11.3 Å². The van der Waals surface area contributed by atoms with Gasteiger partial charge >= 0.3 is 0 Å². The maximum Gasteiger partial charge on any atom is 0.263 e. The fourth-order valence-corrected chi connectivity index (χ4v) is 2.63. The minimum absolute atomic E-state index is 0.0325. The van der Waals surface area contributed by atoms with Gasteiger partial charge < -0.3 is 16.4 Å². The van der Waals surface area contributed by atoms with E-state index in [1.165, 1.54) is 12.6 Å². The second-order valence-electron chi connectivity index (χ2n) is 5.53. The molecule has 4 N–H and O–H groups in total. The molecular weight excluding hydrogens is 292 g/mol. The predicted molar refractivity (Wildman–Crippen MR) is 87.3 cm³/mol. The molecule has 2 rings (SSSR count). The second-order valence-corrected chi connectivity index (χ2v) is 5.53. The molecule has 0 aromatic heterocycles. The molecular formula is C17H20N4O2. The van der Waals surface area contributed by atoms with Gasteiger partial charge in [-0.3, -0.25) is 9.59 Å². The number of rotatable bonds is 5. The van der Waals surface area contributed by atoms with Gasteiger partial charge in [-0.25, -0.2) is 0 Å². The molecule has 6 heteroatoms. The molecule has 23 heavy (non-hydrogen) atoms. The van der Waals surface area contributed by atoms with Crippen LogP contribution in [-0.4, -0.2) is 17.9 Å². The van der Waals surface area contributed by atoms with Crippen LogP contribution in [0.5, 0.6) is 0 Å². The van der Waals surface area contributed by atoms with Gasteiger partial charge in [-0.05, 0) is 25.0 Å². The van der Waals surface area contributed by atoms with E-state index < -0.39 is 11.8 Å². The Morgan fingerprint density at radius 3 is 2.57 bits per heavy atom. The van der Waals surface area contributed by atoms with Crippen molar-refractivity contribution in [1.82, 2.24) is 5.32 Å². The summed E-state index contributed by atoms with van der Waals surface area (Å²) in [5, 5.41) is 14.9. The standard InChI is InChI=1S/C17H20N4O2/c18-10-12(17(23)21-13-6-2-1-3-7-13)11-20-15-9-5-4-8-14(15)16(19)22/h4-5,8-9,11,13,20H,1-3,6-7H2,(H2,19,22)(H,21,23)/b12-11-. The molecule has 1 aliphatic rings. The SMILES string of the molecule is N#C/C(=C/Nc1ccccc1C(N)=O)C(=O)NC1CCCCC1. The van der Waals surface area contributed by atoms with Crippen molar-refractivity contribution in [2.45, 2.75) is 38.1 Å². The fourth-order valence-electron chi connectivity index (χ4n) is 2.63. The smallest absolute Gasteiger partial charge is 0.263 e. The molecule has 0 atom stereocenters. The first-order chi connectivity index (χ1) is 11.1.